The van der Waals surface area contributed by atoms with E-state index in [9.17, 15) is 4.79 Å². The summed E-state index contributed by atoms with van der Waals surface area (Å²) in [6.07, 6.45) is 5.44. The summed E-state index contributed by atoms with van der Waals surface area (Å²) in [5.41, 5.74) is 5.13. The number of carbonyl (C=O) groups is 1. The van der Waals surface area contributed by atoms with E-state index in [1.807, 2.05) is 73.1 Å². The van der Waals surface area contributed by atoms with Crippen LogP contribution in [0.4, 0.5) is 5.69 Å². The number of nitrogens with one attached hydrogen (secondary N) is 1. The molecule has 1 N–H and O–H groups in total. The zero-order chi connectivity index (χ0) is 20.7. The van der Waals surface area contributed by atoms with Crippen molar-refractivity contribution in [3.05, 3.63) is 78.4 Å². The summed E-state index contributed by atoms with van der Waals surface area (Å²) in [6.45, 7) is 4.04. The summed E-state index contributed by atoms with van der Waals surface area (Å²) in [5.74, 6) is -0.0562. The molecule has 0 atom stereocenters. The summed E-state index contributed by atoms with van der Waals surface area (Å²) >= 11 is 0. The Morgan fingerprint density at radius 1 is 1.13 bits per heavy atom. The molecule has 7 nitrogen and oxygen atoms in total. The second-order valence-corrected chi connectivity index (χ2v) is 7.42. The molecule has 0 unspecified atom stereocenters. The summed E-state index contributed by atoms with van der Waals surface area (Å²) in [6, 6.07) is 15.3. The number of hydrogen-bond donors (Lipinski definition) is 1. The van der Waals surface area contributed by atoms with Crippen molar-refractivity contribution in [3.8, 4) is 11.3 Å². The lowest BCUT2D eigenvalue weighted by atomic mass is 10.1. The number of anilines is 1. The van der Waals surface area contributed by atoms with Gasteiger partial charge in [-0.3, -0.25) is 4.79 Å². The Labute approximate surface area is 172 Å². The van der Waals surface area contributed by atoms with Crippen molar-refractivity contribution < 1.29 is 9.32 Å². The maximum Gasteiger partial charge on any atom is 0.257 e. The Hall–Kier alpha value is -4.00. The highest BCUT2D eigenvalue weighted by Crippen LogP contribution is 2.25. The van der Waals surface area contributed by atoms with Crippen molar-refractivity contribution in [1.29, 1.82) is 0 Å². The van der Waals surface area contributed by atoms with E-state index in [0.29, 0.717) is 17.0 Å². The van der Waals surface area contributed by atoms with Crippen molar-refractivity contribution in [2.45, 2.75) is 19.8 Å². The first-order valence-electron chi connectivity index (χ1n) is 9.69. The molecule has 30 heavy (non-hydrogen) atoms. The van der Waals surface area contributed by atoms with Gasteiger partial charge in [-0.2, -0.15) is 0 Å². The van der Waals surface area contributed by atoms with Gasteiger partial charge in [-0.25, -0.2) is 9.97 Å². The minimum absolute atomic E-state index is 0.179. The normalized spacial score (nSPS) is 11.4. The molecule has 0 saturated carbocycles. The van der Waals surface area contributed by atoms with Gasteiger partial charge in [-0.1, -0.05) is 37.2 Å². The zero-order valence-electron chi connectivity index (χ0n) is 16.5. The number of fused-ring (bicyclic) bond motifs is 2. The maximum absolute atomic E-state index is 12.7. The second kappa shape index (κ2) is 7.11. The van der Waals surface area contributed by atoms with Gasteiger partial charge in [0.05, 0.1) is 22.3 Å². The fraction of sp³-hybridized carbons (Fsp3) is 0.130. The number of pyridine rings is 2. The molecular formula is C23H19N5O2. The smallest absolute Gasteiger partial charge is 0.257 e. The van der Waals surface area contributed by atoms with E-state index in [4.69, 9.17) is 4.52 Å². The maximum atomic E-state index is 12.7. The van der Waals surface area contributed by atoms with Crippen molar-refractivity contribution in [3.63, 3.8) is 0 Å². The highest BCUT2D eigenvalue weighted by atomic mass is 16.5. The molecule has 0 fully saturated rings. The first-order chi connectivity index (χ1) is 14.6. The Balaban J connectivity index is 1.37. The monoisotopic (exact) mass is 397 g/mol. The minimum Gasteiger partial charge on any atom is -0.336 e. The van der Waals surface area contributed by atoms with Crippen LogP contribution in [0, 0.1) is 0 Å². The van der Waals surface area contributed by atoms with Crippen LogP contribution in [0.25, 0.3) is 28.0 Å². The van der Waals surface area contributed by atoms with Gasteiger partial charge >= 0.3 is 0 Å². The Kier molecular flexibility index (Phi) is 4.28. The molecule has 0 saturated heterocycles. The van der Waals surface area contributed by atoms with Crippen LogP contribution in [-0.4, -0.2) is 25.4 Å². The predicted octanol–water partition coefficient (Wildman–Crippen LogP) is 4.91. The van der Waals surface area contributed by atoms with Crippen molar-refractivity contribution in [2.24, 2.45) is 0 Å². The summed E-state index contributed by atoms with van der Waals surface area (Å²) < 4.78 is 7.22. The quantitative estimate of drug-likeness (QED) is 0.466. The fourth-order valence-electron chi connectivity index (χ4n) is 3.39. The third-order valence-corrected chi connectivity index (χ3v) is 4.97. The molecule has 5 rings (SSSR count). The third kappa shape index (κ3) is 3.20. The van der Waals surface area contributed by atoms with Crippen LogP contribution in [0.15, 0.2) is 71.6 Å². The summed E-state index contributed by atoms with van der Waals surface area (Å²) in [5, 5.41) is 7.73. The lowest BCUT2D eigenvalue weighted by Crippen LogP contribution is -2.12. The van der Waals surface area contributed by atoms with Gasteiger partial charge in [0, 0.05) is 29.8 Å². The number of carbonyl (C=O) groups excluding carboxylic acids is 1. The summed E-state index contributed by atoms with van der Waals surface area (Å²) in [4.78, 5) is 21.6. The van der Waals surface area contributed by atoms with Gasteiger partial charge in [0.1, 0.15) is 5.65 Å². The van der Waals surface area contributed by atoms with Gasteiger partial charge in [0.2, 0.25) is 0 Å². The van der Waals surface area contributed by atoms with E-state index >= 15 is 0 Å². The van der Waals surface area contributed by atoms with E-state index < -0.39 is 0 Å². The number of imidazole rings is 1. The molecule has 0 aliphatic heterocycles. The standard InChI is InChI=1S/C23H19N5O2/c1-14(2)21-18-11-16(12-24-23(18)30-27-21)22(29)25-17-8-6-15(7-9-17)19-13-28-10-4-3-5-20(28)26-19/h3-14H,1-2H3,(H,25,29). The largest absolute Gasteiger partial charge is 0.336 e. The first-order valence-corrected chi connectivity index (χ1v) is 9.69. The van der Waals surface area contributed by atoms with Crippen LogP contribution in [0.5, 0.6) is 0 Å². The van der Waals surface area contributed by atoms with Gasteiger partial charge < -0.3 is 14.2 Å². The first kappa shape index (κ1) is 18.1. The average molecular weight is 397 g/mol. The number of rotatable bonds is 4. The molecule has 0 aliphatic rings. The topological polar surface area (TPSA) is 85.3 Å². The van der Waals surface area contributed by atoms with Gasteiger partial charge in [-0.05, 0) is 36.2 Å². The van der Waals surface area contributed by atoms with Gasteiger partial charge in [0.15, 0.2) is 0 Å². The van der Waals surface area contributed by atoms with Crippen LogP contribution in [0.3, 0.4) is 0 Å². The fourth-order valence-corrected chi connectivity index (χ4v) is 3.39. The van der Waals surface area contributed by atoms with Crippen LogP contribution in [0.1, 0.15) is 35.8 Å². The van der Waals surface area contributed by atoms with E-state index in [-0.39, 0.29) is 11.8 Å². The molecule has 4 aromatic heterocycles. The molecule has 7 heteroatoms. The SMILES string of the molecule is CC(C)c1noc2ncc(C(=O)Nc3ccc(-c4cn5ccccc5n4)cc3)cc12. The van der Waals surface area contributed by atoms with Gasteiger partial charge in [-0.15, -0.1) is 0 Å². The highest BCUT2D eigenvalue weighted by molar-refractivity contribution is 6.05. The number of aromatic nitrogens is 4. The lowest BCUT2D eigenvalue weighted by molar-refractivity contribution is 0.102. The van der Waals surface area contributed by atoms with Crippen LogP contribution in [-0.2, 0) is 0 Å². The minimum atomic E-state index is -0.235. The van der Waals surface area contributed by atoms with E-state index in [0.717, 1.165) is 28.0 Å². The zero-order valence-corrected chi connectivity index (χ0v) is 16.5. The van der Waals surface area contributed by atoms with Crippen molar-refractivity contribution >= 4 is 28.3 Å². The second-order valence-electron chi connectivity index (χ2n) is 7.42. The van der Waals surface area contributed by atoms with Crippen LogP contribution in [0.2, 0.25) is 0 Å². The van der Waals surface area contributed by atoms with Crippen LogP contribution < -0.4 is 5.32 Å². The number of amides is 1. The van der Waals surface area contributed by atoms with Gasteiger partial charge in [0.25, 0.3) is 11.6 Å². The van der Waals surface area contributed by atoms with E-state index in [1.165, 1.54) is 6.20 Å². The number of benzene rings is 1. The average Bonchev–Trinajstić information content (AvgIpc) is 3.38. The Morgan fingerprint density at radius 3 is 2.73 bits per heavy atom. The molecule has 0 radical (unpaired) electrons. The van der Waals surface area contributed by atoms with E-state index in [2.05, 4.69) is 20.4 Å². The van der Waals surface area contributed by atoms with Crippen molar-refractivity contribution in [1.82, 2.24) is 19.5 Å². The number of hydrogen-bond acceptors (Lipinski definition) is 5. The molecule has 0 bridgehead atoms. The Bertz CT molecular complexity index is 1330. The molecule has 5 aromatic rings. The molecule has 0 spiro atoms. The molecule has 148 valence electrons. The summed E-state index contributed by atoms with van der Waals surface area (Å²) in [7, 11) is 0. The third-order valence-electron chi connectivity index (χ3n) is 4.97. The molecule has 1 aromatic carbocycles. The molecular weight excluding hydrogens is 378 g/mol. The molecule has 0 aliphatic carbocycles. The molecule has 1 amide bonds. The van der Waals surface area contributed by atoms with Crippen molar-refractivity contribution in [2.75, 3.05) is 5.32 Å². The number of nitrogens with zero attached hydrogens (tertiary/aromatic N) is 4. The molecule has 4 heterocycles. The highest BCUT2D eigenvalue weighted by Gasteiger charge is 2.16. The van der Waals surface area contributed by atoms with E-state index in [1.54, 1.807) is 6.07 Å². The van der Waals surface area contributed by atoms with Crippen LogP contribution >= 0.6 is 0 Å². The Morgan fingerprint density at radius 2 is 1.97 bits per heavy atom. The predicted molar refractivity (Wildman–Crippen MR) is 114 cm³/mol. The lowest BCUT2D eigenvalue weighted by Gasteiger charge is -2.06.